The molecule has 1 aliphatic carbocycles. The Morgan fingerprint density at radius 1 is 1.42 bits per heavy atom. The van der Waals surface area contributed by atoms with E-state index in [2.05, 4.69) is 21.2 Å². The lowest BCUT2D eigenvalue weighted by Gasteiger charge is -2.26. The van der Waals surface area contributed by atoms with Gasteiger partial charge in [-0.3, -0.25) is 4.79 Å². The van der Waals surface area contributed by atoms with Gasteiger partial charge in [-0.1, -0.05) is 24.4 Å². The van der Waals surface area contributed by atoms with Crippen LogP contribution in [0.2, 0.25) is 5.02 Å². The van der Waals surface area contributed by atoms with Crippen LogP contribution in [0.1, 0.15) is 36.0 Å². The number of hydrogen-bond acceptors (Lipinski definition) is 2. The van der Waals surface area contributed by atoms with Crippen LogP contribution in [0, 0.1) is 5.41 Å². The molecule has 1 aliphatic rings. The van der Waals surface area contributed by atoms with Gasteiger partial charge in [0.1, 0.15) is 0 Å². The molecule has 2 N–H and O–H groups in total. The largest absolute Gasteiger partial charge is 0.396 e. The van der Waals surface area contributed by atoms with Crippen LogP contribution in [0.25, 0.3) is 0 Å². The van der Waals surface area contributed by atoms with Crippen LogP contribution < -0.4 is 5.32 Å². The van der Waals surface area contributed by atoms with Crippen LogP contribution in [0.15, 0.2) is 22.7 Å². The quantitative estimate of drug-likeness (QED) is 0.878. The Kier molecular flexibility index (Phi) is 4.87. The third kappa shape index (κ3) is 3.50. The second-order valence-electron chi connectivity index (χ2n) is 5.18. The highest BCUT2D eigenvalue weighted by atomic mass is 79.9. The molecule has 0 spiro atoms. The molecule has 0 aromatic heterocycles. The summed E-state index contributed by atoms with van der Waals surface area (Å²) in [6.07, 6.45) is 4.21. The summed E-state index contributed by atoms with van der Waals surface area (Å²) in [5, 5.41) is 12.9. The minimum Gasteiger partial charge on any atom is -0.396 e. The molecule has 1 fully saturated rings. The molecule has 0 unspecified atom stereocenters. The molecule has 2 rings (SSSR count). The molecular formula is C14H17BrClNO2. The maximum Gasteiger partial charge on any atom is 0.251 e. The van der Waals surface area contributed by atoms with Crippen molar-refractivity contribution in [2.45, 2.75) is 25.7 Å². The molecule has 104 valence electrons. The van der Waals surface area contributed by atoms with Crippen molar-refractivity contribution < 1.29 is 9.90 Å². The minimum atomic E-state index is -0.144. The fraction of sp³-hybridized carbons (Fsp3) is 0.500. The molecule has 3 nitrogen and oxygen atoms in total. The van der Waals surface area contributed by atoms with Crippen LogP contribution in [0.3, 0.4) is 0 Å². The van der Waals surface area contributed by atoms with E-state index in [-0.39, 0.29) is 17.9 Å². The van der Waals surface area contributed by atoms with Gasteiger partial charge in [-0.05, 0) is 47.0 Å². The Morgan fingerprint density at radius 2 is 2.11 bits per heavy atom. The van der Waals surface area contributed by atoms with Crippen LogP contribution >= 0.6 is 27.5 Å². The summed E-state index contributed by atoms with van der Waals surface area (Å²) in [6.45, 7) is 0.657. The minimum absolute atomic E-state index is 0.130. The van der Waals surface area contributed by atoms with Crippen molar-refractivity contribution in [3.8, 4) is 0 Å². The average Bonchev–Trinajstić information content (AvgIpc) is 2.89. The van der Waals surface area contributed by atoms with Crippen LogP contribution in [0.5, 0.6) is 0 Å². The normalized spacial score (nSPS) is 17.4. The molecule has 0 saturated heterocycles. The highest BCUT2D eigenvalue weighted by Crippen LogP contribution is 2.37. The smallest absolute Gasteiger partial charge is 0.251 e. The maximum absolute atomic E-state index is 12.1. The van der Waals surface area contributed by atoms with E-state index in [0.29, 0.717) is 17.1 Å². The van der Waals surface area contributed by atoms with Gasteiger partial charge in [0, 0.05) is 22.0 Å². The molecule has 19 heavy (non-hydrogen) atoms. The van der Waals surface area contributed by atoms with E-state index in [9.17, 15) is 9.90 Å². The lowest BCUT2D eigenvalue weighted by Crippen LogP contribution is -2.38. The Labute approximate surface area is 126 Å². The number of rotatable bonds is 4. The first-order valence-corrected chi connectivity index (χ1v) is 7.58. The number of amides is 1. The third-order valence-electron chi connectivity index (χ3n) is 3.81. The lowest BCUT2D eigenvalue weighted by atomic mass is 9.87. The first-order valence-electron chi connectivity index (χ1n) is 6.40. The zero-order chi connectivity index (χ0) is 13.9. The monoisotopic (exact) mass is 345 g/mol. The van der Waals surface area contributed by atoms with Crippen molar-refractivity contribution in [3.05, 3.63) is 33.3 Å². The number of aliphatic hydroxyl groups is 1. The number of benzene rings is 1. The number of nitrogens with one attached hydrogen (secondary N) is 1. The van der Waals surface area contributed by atoms with E-state index < -0.39 is 0 Å². The Balaban J connectivity index is 1.99. The molecule has 0 bridgehead atoms. The average molecular weight is 347 g/mol. The summed E-state index contributed by atoms with van der Waals surface area (Å²) in [5.74, 6) is -0.144. The molecule has 1 aromatic carbocycles. The van der Waals surface area contributed by atoms with Gasteiger partial charge < -0.3 is 10.4 Å². The molecule has 0 radical (unpaired) electrons. The summed E-state index contributed by atoms with van der Waals surface area (Å²) in [6, 6.07) is 5.13. The standard InChI is InChI=1S/C14H17BrClNO2/c15-11-4-3-10(7-12(11)16)13(19)17-8-14(9-18)5-1-2-6-14/h3-4,7,18H,1-2,5-6,8-9H2,(H,17,19). The van der Waals surface area contributed by atoms with Gasteiger partial charge in [0.05, 0.1) is 11.6 Å². The van der Waals surface area contributed by atoms with Gasteiger partial charge in [-0.25, -0.2) is 0 Å². The van der Waals surface area contributed by atoms with Gasteiger partial charge in [-0.2, -0.15) is 0 Å². The van der Waals surface area contributed by atoms with E-state index in [1.54, 1.807) is 18.2 Å². The van der Waals surface area contributed by atoms with E-state index >= 15 is 0 Å². The highest BCUT2D eigenvalue weighted by molar-refractivity contribution is 9.10. The summed E-state index contributed by atoms with van der Waals surface area (Å²) in [4.78, 5) is 12.1. The number of aliphatic hydroxyl groups excluding tert-OH is 1. The molecule has 0 atom stereocenters. The van der Waals surface area contributed by atoms with E-state index in [1.165, 1.54) is 0 Å². The zero-order valence-corrected chi connectivity index (χ0v) is 12.9. The van der Waals surface area contributed by atoms with Crippen molar-refractivity contribution in [2.75, 3.05) is 13.2 Å². The first-order chi connectivity index (χ1) is 9.06. The lowest BCUT2D eigenvalue weighted by molar-refractivity contribution is 0.0880. The number of carbonyl (C=O) groups excluding carboxylic acids is 1. The number of carbonyl (C=O) groups is 1. The fourth-order valence-corrected chi connectivity index (χ4v) is 2.95. The van der Waals surface area contributed by atoms with Crippen molar-refractivity contribution in [2.24, 2.45) is 5.41 Å². The second-order valence-corrected chi connectivity index (χ2v) is 6.44. The van der Waals surface area contributed by atoms with Crippen LogP contribution in [0.4, 0.5) is 0 Å². The van der Waals surface area contributed by atoms with E-state index in [0.717, 1.165) is 30.2 Å². The van der Waals surface area contributed by atoms with Gasteiger partial charge >= 0.3 is 0 Å². The van der Waals surface area contributed by atoms with Gasteiger partial charge in [-0.15, -0.1) is 0 Å². The fourth-order valence-electron chi connectivity index (χ4n) is 2.52. The van der Waals surface area contributed by atoms with Gasteiger partial charge in [0.15, 0.2) is 0 Å². The highest BCUT2D eigenvalue weighted by Gasteiger charge is 2.33. The van der Waals surface area contributed by atoms with E-state index in [1.807, 2.05) is 0 Å². The van der Waals surface area contributed by atoms with Crippen molar-refractivity contribution in [3.63, 3.8) is 0 Å². The molecule has 1 aromatic rings. The zero-order valence-electron chi connectivity index (χ0n) is 10.6. The summed E-state index contributed by atoms with van der Waals surface area (Å²) in [5.41, 5.74) is 0.411. The number of hydrogen-bond donors (Lipinski definition) is 2. The Bertz CT molecular complexity index is 473. The second kappa shape index (κ2) is 6.25. The van der Waals surface area contributed by atoms with Crippen LogP contribution in [-0.4, -0.2) is 24.2 Å². The van der Waals surface area contributed by atoms with Gasteiger partial charge in [0.25, 0.3) is 5.91 Å². The molecule has 1 saturated carbocycles. The predicted octanol–water partition coefficient (Wildman–Crippen LogP) is 3.39. The molecular weight excluding hydrogens is 330 g/mol. The van der Waals surface area contributed by atoms with Crippen molar-refractivity contribution in [1.82, 2.24) is 5.32 Å². The third-order valence-corrected chi connectivity index (χ3v) is 5.04. The van der Waals surface area contributed by atoms with Crippen molar-refractivity contribution in [1.29, 1.82) is 0 Å². The van der Waals surface area contributed by atoms with Crippen molar-refractivity contribution >= 4 is 33.4 Å². The molecule has 0 aliphatic heterocycles. The Morgan fingerprint density at radius 3 is 2.68 bits per heavy atom. The summed E-state index contributed by atoms with van der Waals surface area (Å²) < 4.78 is 0.772. The van der Waals surface area contributed by atoms with E-state index in [4.69, 9.17) is 11.6 Å². The summed E-state index contributed by atoms with van der Waals surface area (Å²) in [7, 11) is 0. The first kappa shape index (κ1) is 14.8. The predicted molar refractivity (Wildman–Crippen MR) is 79.5 cm³/mol. The Hall–Kier alpha value is -0.580. The maximum atomic E-state index is 12.1. The SMILES string of the molecule is O=C(NCC1(CO)CCCC1)c1ccc(Br)c(Cl)c1. The topological polar surface area (TPSA) is 49.3 Å². The molecule has 1 amide bonds. The molecule has 0 heterocycles. The molecule has 5 heteroatoms. The number of halogens is 2. The summed E-state index contributed by atoms with van der Waals surface area (Å²) >= 11 is 9.27. The van der Waals surface area contributed by atoms with Crippen LogP contribution in [-0.2, 0) is 0 Å². The van der Waals surface area contributed by atoms with Gasteiger partial charge in [0.2, 0.25) is 0 Å².